The summed E-state index contributed by atoms with van der Waals surface area (Å²) in [6.45, 7) is 1.87. The van der Waals surface area contributed by atoms with Gasteiger partial charge in [0.15, 0.2) is 0 Å². The minimum Gasteiger partial charge on any atom is -0.307 e. The van der Waals surface area contributed by atoms with Crippen LogP contribution in [0.5, 0.6) is 0 Å². The molecule has 5 heteroatoms. The van der Waals surface area contributed by atoms with E-state index in [2.05, 4.69) is 26.2 Å². The topological polar surface area (TPSA) is 42.0 Å². The lowest BCUT2D eigenvalue weighted by molar-refractivity contribution is 0.102. The van der Waals surface area contributed by atoms with Crippen LogP contribution in [-0.2, 0) is 5.88 Å². The highest BCUT2D eigenvalue weighted by molar-refractivity contribution is 9.10. The molecule has 0 radical (unpaired) electrons. The lowest BCUT2D eigenvalue weighted by Crippen LogP contribution is -2.13. The summed E-state index contributed by atoms with van der Waals surface area (Å²) in [7, 11) is 0. The van der Waals surface area contributed by atoms with E-state index in [9.17, 15) is 4.79 Å². The number of carbonyl (C=O) groups excluding carboxylic acids is 1. The normalized spacial score (nSPS) is 10.3. The number of nitrogens with zero attached hydrogens (tertiary/aromatic N) is 1. The van der Waals surface area contributed by atoms with Crippen molar-refractivity contribution in [3.8, 4) is 0 Å². The van der Waals surface area contributed by atoms with Crippen LogP contribution in [0.25, 0.3) is 0 Å². The molecule has 0 spiro atoms. The van der Waals surface area contributed by atoms with Crippen molar-refractivity contribution < 1.29 is 4.79 Å². The Labute approximate surface area is 125 Å². The van der Waals surface area contributed by atoms with Gasteiger partial charge in [0.1, 0.15) is 5.82 Å². The van der Waals surface area contributed by atoms with E-state index in [1.165, 1.54) is 0 Å². The molecule has 1 N–H and O–H groups in total. The van der Waals surface area contributed by atoms with E-state index in [0.29, 0.717) is 17.3 Å². The SMILES string of the molecule is Cc1nc(NC(=O)c2cccc(CCl)c2)ccc1Br. The molecular formula is C14H12BrClN2O. The van der Waals surface area contributed by atoms with Crippen molar-refractivity contribution in [2.45, 2.75) is 12.8 Å². The smallest absolute Gasteiger partial charge is 0.256 e. The van der Waals surface area contributed by atoms with Crippen molar-refractivity contribution in [1.29, 1.82) is 0 Å². The first-order chi connectivity index (χ1) is 9.10. The molecule has 1 amide bonds. The van der Waals surface area contributed by atoms with Crippen molar-refractivity contribution in [3.63, 3.8) is 0 Å². The third-order valence-corrected chi connectivity index (χ3v) is 3.75. The van der Waals surface area contributed by atoms with Gasteiger partial charge in [-0.1, -0.05) is 12.1 Å². The number of anilines is 1. The number of aryl methyl sites for hydroxylation is 1. The van der Waals surface area contributed by atoms with Gasteiger partial charge in [-0.3, -0.25) is 4.79 Å². The maximum absolute atomic E-state index is 12.1. The Hall–Kier alpha value is -1.39. The van der Waals surface area contributed by atoms with Gasteiger partial charge in [0.25, 0.3) is 5.91 Å². The number of benzene rings is 1. The largest absolute Gasteiger partial charge is 0.307 e. The van der Waals surface area contributed by atoms with Crippen LogP contribution in [0.15, 0.2) is 40.9 Å². The average molecular weight is 340 g/mol. The van der Waals surface area contributed by atoms with Gasteiger partial charge in [-0.2, -0.15) is 0 Å². The van der Waals surface area contributed by atoms with Crippen molar-refractivity contribution >= 4 is 39.3 Å². The summed E-state index contributed by atoms with van der Waals surface area (Å²) in [5.74, 6) is 0.722. The molecule has 0 aliphatic rings. The fraction of sp³-hybridized carbons (Fsp3) is 0.143. The molecule has 0 saturated carbocycles. The zero-order valence-electron chi connectivity index (χ0n) is 10.3. The predicted octanol–water partition coefficient (Wildman–Crippen LogP) is 4.14. The highest BCUT2D eigenvalue weighted by Gasteiger charge is 2.08. The van der Waals surface area contributed by atoms with E-state index in [-0.39, 0.29) is 5.91 Å². The van der Waals surface area contributed by atoms with Crippen molar-refractivity contribution in [2.75, 3.05) is 5.32 Å². The Morgan fingerprint density at radius 1 is 1.37 bits per heavy atom. The van der Waals surface area contributed by atoms with Crippen LogP contribution in [0.1, 0.15) is 21.6 Å². The third-order valence-electron chi connectivity index (χ3n) is 2.61. The Bertz CT molecular complexity index is 616. The molecule has 0 atom stereocenters. The van der Waals surface area contributed by atoms with Crippen LogP contribution in [-0.4, -0.2) is 10.9 Å². The van der Waals surface area contributed by atoms with Gasteiger partial charge < -0.3 is 5.32 Å². The van der Waals surface area contributed by atoms with Gasteiger partial charge in [-0.25, -0.2) is 4.98 Å². The van der Waals surface area contributed by atoms with E-state index < -0.39 is 0 Å². The number of hydrogen-bond donors (Lipinski definition) is 1. The summed E-state index contributed by atoms with van der Waals surface area (Å²) in [5, 5.41) is 2.76. The van der Waals surface area contributed by atoms with Gasteiger partial charge in [-0.05, 0) is 52.7 Å². The van der Waals surface area contributed by atoms with Crippen LogP contribution in [0.2, 0.25) is 0 Å². The number of alkyl halides is 1. The zero-order chi connectivity index (χ0) is 13.8. The molecule has 2 aromatic rings. The maximum atomic E-state index is 12.1. The summed E-state index contributed by atoms with van der Waals surface area (Å²) in [5.41, 5.74) is 2.31. The second-order valence-electron chi connectivity index (χ2n) is 4.05. The minimum absolute atomic E-state index is 0.193. The van der Waals surface area contributed by atoms with Crippen LogP contribution >= 0.6 is 27.5 Å². The molecule has 2 rings (SSSR count). The summed E-state index contributed by atoms with van der Waals surface area (Å²) >= 11 is 9.12. The molecule has 1 aromatic heterocycles. The number of rotatable bonds is 3. The highest BCUT2D eigenvalue weighted by atomic mass is 79.9. The van der Waals surface area contributed by atoms with Gasteiger partial charge in [0.05, 0.1) is 5.69 Å². The molecule has 0 fully saturated rings. The fourth-order valence-corrected chi connectivity index (χ4v) is 1.98. The lowest BCUT2D eigenvalue weighted by atomic mass is 10.1. The van der Waals surface area contributed by atoms with Gasteiger partial charge in [-0.15, -0.1) is 11.6 Å². The van der Waals surface area contributed by atoms with Gasteiger partial charge in [0, 0.05) is 15.9 Å². The number of amides is 1. The summed E-state index contributed by atoms with van der Waals surface area (Å²) in [6, 6.07) is 10.8. The molecule has 0 aliphatic carbocycles. The number of carbonyl (C=O) groups is 1. The number of aromatic nitrogens is 1. The molecule has 1 aromatic carbocycles. The average Bonchev–Trinajstić information content (AvgIpc) is 2.43. The number of nitrogens with one attached hydrogen (secondary N) is 1. The van der Waals surface area contributed by atoms with Crippen molar-refractivity contribution in [2.24, 2.45) is 0 Å². The summed E-state index contributed by atoms with van der Waals surface area (Å²) in [6.07, 6.45) is 0. The van der Waals surface area contributed by atoms with Crippen LogP contribution in [0.4, 0.5) is 5.82 Å². The quantitative estimate of drug-likeness (QED) is 0.854. The van der Waals surface area contributed by atoms with Crippen molar-refractivity contribution in [1.82, 2.24) is 4.98 Å². The lowest BCUT2D eigenvalue weighted by Gasteiger charge is -2.07. The molecule has 0 saturated heterocycles. The van der Waals surface area contributed by atoms with Crippen LogP contribution in [0, 0.1) is 6.92 Å². The molecule has 0 bridgehead atoms. The number of halogens is 2. The summed E-state index contributed by atoms with van der Waals surface area (Å²) in [4.78, 5) is 16.3. The second-order valence-corrected chi connectivity index (χ2v) is 5.17. The minimum atomic E-state index is -0.193. The first-order valence-electron chi connectivity index (χ1n) is 5.69. The molecule has 19 heavy (non-hydrogen) atoms. The molecule has 0 aliphatic heterocycles. The molecule has 1 heterocycles. The predicted molar refractivity (Wildman–Crippen MR) is 80.6 cm³/mol. The Kier molecular flexibility index (Phi) is 4.56. The van der Waals surface area contributed by atoms with Gasteiger partial charge in [0.2, 0.25) is 0 Å². The fourth-order valence-electron chi connectivity index (χ4n) is 1.60. The second kappa shape index (κ2) is 6.17. The van der Waals surface area contributed by atoms with E-state index in [1.54, 1.807) is 18.2 Å². The highest BCUT2D eigenvalue weighted by Crippen LogP contribution is 2.17. The Morgan fingerprint density at radius 2 is 2.16 bits per heavy atom. The van der Waals surface area contributed by atoms with E-state index in [1.807, 2.05) is 25.1 Å². The summed E-state index contributed by atoms with van der Waals surface area (Å²) < 4.78 is 0.912. The first-order valence-corrected chi connectivity index (χ1v) is 7.02. The van der Waals surface area contributed by atoms with E-state index in [0.717, 1.165) is 15.7 Å². The Morgan fingerprint density at radius 3 is 2.84 bits per heavy atom. The Balaban J connectivity index is 2.18. The molecular weight excluding hydrogens is 328 g/mol. The van der Waals surface area contributed by atoms with Crippen molar-refractivity contribution in [3.05, 3.63) is 57.7 Å². The zero-order valence-corrected chi connectivity index (χ0v) is 12.6. The van der Waals surface area contributed by atoms with Gasteiger partial charge >= 0.3 is 0 Å². The molecule has 0 unspecified atom stereocenters. The molecule has 3 nitrogen and oxygen atoms in total. The number of pyridine rings is 1. The van der Waals surface area contributed by atoms with Crippen LogP contribution in [0.3, 0.4) is 0 Å². The number of hydrogen-bond acceptors (Lipinski definition) is 2. The van der Waals surface area contributed by atoms with E-state index >= 15 is 0 Å². The van der Waals surface area contributed by atoms with Crippen LogP contribution < -0.4 is 5.32 Å². The standard InChI is InChI=1S/C14H12BrClN2O/c1-9-12(15)5-6-13(17-9)18-14(19)11-4-2-3-10(7-11)8-16/h2-7H,8H2,1H3,(H,17,18,19). The maximum Gasteiger partial charge on any atom is 0.256 e. The van der Waals surface area contributed by atoms with E-state index in [4.69, 9.17) is 11.6 Å². The molecule has 98 valence electrons. The third kappa shape index (κ3) is 3.55. The first kappa shape index (κ1) is 14.0. The monoisotopic (exact) mass is 338 g/mol.